The van der Waals surface area contributed by atoms with Gasteiger partial charge >= 0.3 is 0 Å². The molecule has 0 aliphatic carbocycles. The van der Waals surface area contributed by atoms with Crippen molar-refractivity contribution in [3.05, 3.63) is 34.2 Å². The van der Waals surface area contributed by atoms with Gasteiger partial charge < -0.3 is 10.1 Å². The van der Waals surface area contributed by atoms with Gasteiger partial charge in [0.15, 0.2) is 5.13 Å². The first-order chi connectivity index (χ1) is 9.51. The van der Waals surface area contributed by atoms with Crippen LogP contribution < -0.4 is 5.32 Å². The molecule has 0 aliphatic rings. The monoisotopic (exact) mass is 290 g/mol. The second kappa shape index (κ2) is 6.37. The van der Waals surface area contributed by atoms with Gasteiger partial charge in [0.1, 0.15) is 0 Å². The third-order valence-corrected chi connectivity index (χ3v) is 4.13. The van der Waals surface area contributed by atoms with Crippen LogP contribution in [0, 0.1) is 20.8 Å². The predicted molar refractivity (Wildman–Crippen MR) is 86.7 cm³/mol. The molecule has 0 amide bonds. The van der Waals surface area contributed by atoms with E-state index < -0.39 is 0 Å². The van der Waals surface area contributed by atoms with Crippen LogP contribution in [0.2, 0.25) is 0 Å². The van der Waals surface area contributed by atoms with Crippen LogP contribution in [0.25, 0.3) is 11.3 Å². The van der Waals surface area contributed by atoms with Gasteiger partial charge in [0.25, 0.3) is 0 Å². The number of hydrogen-bond acceptors (Lipinski definition) is 4. The Morgan fingerprint density at radius 2 is 2.05 bits per heavy atom. The van der Waals surface area contributed by atoms with Crippen LogP contribution >= 0.6 is 11.3 Å². The molecule has 0 unspecified atom stereocenters. The fraction of sp³-hybridized carbons (Fsp3) is 0.438. The molecule has 0 aliphatic heterocycles. The van der Waals surface area contributed by atoms with Crippen LogP contribution in [0.5, 0.6) is 0 Å². The van der Waals surface area contributed by atoms with E-state index in [0.29, 0.717) is 6.61 Å². The topological polar surface area (TPSA) is 34.1 Å². The largest absolute Gasteiger partial charge is 0.383 e. The van der Waals surface area contributed by atoms with E-state index in [-0.39, 0.29) is 6.04 Å². The fourth-order valence-corrected chi connectivity index (χ4v) is 3.14. The standard InChI is InChI=1S/C16H22N2OS/c1-10-6-7-11(2)14(8-10)15-13(4)20-16(18-15)17-12(3)9-19-5/h6-8,12H,9H2,1-5H3,(H,17,18)/t12-/m1/s1. The molecule has 0 saturated heterocycles. The number of nitrogens with one attached hydrogen (secondary N) is 1. The first-order valence-corrected chi connectivity index (χ1v) is 7.63. The molecule has 2 aromatic rings. The molecular weight excluding hydrogens is 268 g/mol. The summed E-state index contributed by atoms with van der Waals surface area (Å²) in [4.78, 5) is 6.00. The second-order valence-corrected chi connectivity index (χ2v) is 6.45. The van der Waals surface area contributed by atoms with Gasteiger partial charge in [-0.15, -0.1) is 11.3 Å². The van der Waals surface area contributed by atoms with Crippen molar-refractivity contribution < 1.29 is 4.74 Å². The quantitative estimate of drug-likeness (QED) is 0.897. The number of hydrogen-bond donors (Lipinski definition) is 1. The lowest BCUT2D eigenvalue weighted by Crippen LogP contribution is -2.20. The summed E-state index contributed by atoms with van der Waals surface area (Å²) in [5.41, 5.74) is 4.84. The SMILES string of the molecule is COC[C@@H](C)Nc1nc(-c2cc(C)ccc2C)c(C)s1. The summed E-state index contributed by atoms with van der Waals surface area (Å²) in [6.45, 7) is 9.15. The molecule has 1 N–H and O–H groups in total. The lowest BCUT2D eigenvalue weighted by molar-refractivity contribution is 0.190. The normalized spacial score (nSPS) is 12.4. The van der Waals surface area contributed by atoms with Crippen LogP contribution in [0.15, 0.2) is 18.2 Å². The van der Waals surface area contributed by atoms with E-state index in [1.54, 1.807) is 18.4 Å². The van der Waals surface area contributed by atoms with E-state index in [0.717, 1.165) is 10.8 Å². The Morgan fingerprint density at radius 1 is 1.30 bits per heavy atom. The van der Waals surface area contributed by atoms with Crippen LogP contribution in [-0.2, 0) is 4.74 Å². The maximum absolute atomic E-state index is 5.15. The molecule has 1 aromatic heterocycles. The van der Waals surface area contributed by atoms with E-state index in [1.165, 1.54) is 21.6 Å². The van der Waals surface area contributed by atoms with Gasteiger partial charge in [-0.05, 0) is 39.3 Å². The summed E-state index contributed by atoms with van der Waals surface area (Å²) in [5.74, 6) is 0. The van der Waals surface area contributed by atoms with Crippen molar-refractivity contribution >= 4 is 16.5 Å². The summed E-state index contributed by atoms with van der Waals surface area (Å²) < 4.78 is 5.15. The van der Waals surface area contributed by atoms with E-state index in [9.17, 15) is 0 Å². The van der Waals surface area contributed by atoms with Gasteiger partial charge in [-0.3, -0.25) is 0 Å². The minimum atomic E-state index is 0.261. The Bertz CT molecular complexity index is 592. The van der Waals surface area contributed by atoms with E-state index in [4.69, 9.17) is 9.72 Å². The maximum Gasteiger partial charge on any atom is 0.183 e. The molecule has 108 valence electrons. The lowest BCUT2D eigenvalue weighted by Gasteiger charge is -2.10. The predicted octanol–water partition coefficient (Wildman–Crippen LogP) is 4.18. The van der Waals surface area contributed by atoms with Crippen molar-refractivity contribution in [1.82, 2.24) is 4.98 Å². The molecule has 1 heterocycles. The number of benzene rings is 1. The van der Waals surface area contributed by atoms with Crippen LogP contribution in [0.4, 0.5) is 5.13 Å². The van der Waals surface area contributed by atoms with Gasteiger partial charge in [0.2, 0.25) is 0 Å². The smallest absolute Gasteiger partial charge is 0.183 e. The Morgan fingerprint density at radius 3 is 2.75 bits per heavy atom. The molecule has 2 rings (SSSR count). The molecule has 0 radical (unpaired) electrons. The molecular formula is C16H22N2OS. The van der Waals surface area contributed by atoms with Crippen molar-refractivity contribution in [2.24, 2.45) is 0 Å². The highest BCUT2D eigenvalue weighted by atomic mass is 32.1. The Kier molecular flexibility index (Phi) is 4.78. The van der Waals surface area contributed by atoms with Gasteiger partial charge in [-0.25, -0.2) is 4.98 Å². The molecule has 0 bridgehead atoms. The Hall–Kier alpha value is -1.39. The van der Waals surface area contributed by atoms with E-state index >= 15 is 0 Å². The highest BCUT2D eigenvalue weighted by molar-refractivity contribution is 7.16. The number of nitrogens with zero attached hydrogens (tertiary/aromatic N) is 1. The highest BCUT2D eigenvalue weighted by Crippen LogP contribution is 2.32. The first kappa shape index (κ1) is 15.0. The first-order valence-electron chi connectivity index (χ1n) is 6.81. The molecule has 0 fully saturated rings. The lowest BCUT2D eigenvalue weighted by atomic mass is 10.0. The number of thiazole rings is 1. The van der Waals surface area contributed by atoms with Crippen molar-refractivity contribution in [3.63, 3.8) is 0 Å². The van der Waals surface area contributed by atoms with Gasteiger partial charge in [-0.2, -0.15) is 0 Å². The minimum Gasteiger partial charge on any atom is -0.383 e. The van der Waals surface area contributed by atoms with Crippen LogP contribution in [0.1, 0.15) is 22.9 Å². The molecule has 0 saturated carbocycles. The molecule has 1 atom stereocenters. The average molecular weight is 290 g/mol. The number of aryl methyl sites for hydroxylation is 3. The van der Waals surface area contributed by atoms with Crippen LogP contribution in [-0.4, -0.2) is 24.7 Å². The number of anilines is 1. The van der Waals surface area contributed by atoms with Crippen molar-refractivity contribution in [2.75, 3.05) is 19.0 Å². The maximum atomic E-state index is 5.15. The summed E-state index contributed by atoms with van der Waals surface area (Å²) in [6.07, 6.45) is 0. The van der Waals surface area contributed by atoms with Crippen molar-refractivity contribution in [2.45, 2.75) is 33.7 Å². The average Bonchev–Trinajstić information content (AvgIpc) is 2.73. The van der Waals surface area contributed by atoms with Gasteiger partial charge in [0.05, 0.1) is 12.3 Å². The summed E-state index contributed by atoms with van der Waals surface area (Å²) in [6, 6.07) is 6.77. The zero-order chi connectivity index (χ0) is 14.7. The summed E-state index contributed by atoms with van der Waals surface area (Å²) in [5, 5.41) is 4.35. The number of ether oxygens (including phenoxy) is 1. The number of aromatic nitrogens is 1. The number of methoxy groups -OCH3 is 1. The van der Waals surface area contributed by atoms with Gasteiger partial charge in [-0.1, -0.05) is 17.7 Å². The molecule has 4 heteroatoms. The zero-order valence-corrected chi connectivity index (χ0v) is 13.6. The van der Waals surface area contributed by atoms with Crippen molar-refractivity contribution in [1.29, 1.82) is 0 Å². The molecule has 0 spiro atoms. The van der Waals surface area contributed by atoms with Crippen LogP contribution in [0.3, 0.4) is 0 Å². The third kappa shape index (κ3) is 3.38. The zero-order valence-electron chi connectivity index (χ0n) is 12.8. The van der Waals surface area contributed by atoms with Gasteiger partial charge in [0, 0.05) is 23.6 Å². The summed E-state index contributed by atoms with van der Waals surface area (Å²) >= 11 is 1.70. The number of rotatable bonds is 5. The minimum absolute atomic E-state index is 0.261. The van der Waals surface area contributed by atoms with E-state index in [1.807, 2.05) is 0 Å². The Labute approximate surface area is 125 Å². The summed E-state index contributed by atoms with van der Waals surface area (Å²) in [7, 11) is 1.72. The van der Waals surface area contributed by atoms with Crippen molar-refractivity contribution in [3.8, 4) is 11.3 Å². The third-order valence-electron chi connectivity index (χ3n) is 3.23. The fourth-order valence-electron chi connectivity index (χ4n) is 2.20. The molecule has 3 nitrogen and oxygen atoms in total. The molecule has 1 aromatic carbocycles. The van der Waals surface area contributed by atoms with E-state index in [2.05, 4.69) is 51.2 Å². The Balaban J connectivity index is 2.29. The molecule has 20 heavy (non-hydrogen) atoms. The highest BCUT2D eigenvalue weighted by Gasteiger charge is 2.13. The second-order valence-electron chi connectivity index (χ2n) is 5.24.